The summed E-state index contributed by atoms with van der Waals surface area (Å²) in [6, 6.07) is 0. The highest BCUT2D eigenvalue weighted by Gasteiger charge is 2.18. The van der Waals surface area contributed by atoms with Gasteiger partial charge in [-0.15, -0.1) is 0 Å². The van der Waals surface area contributed by atoms with Crippen molar-refractivity contribution >= 4 is 0 Å². The molecule has 0 saturated carbocycles. The summed E-state index contributed by atoms with van der Waals surface area (Å²) in [4.78, 5) is 0. The van der Waals surface area contributed by atoms with Crippen molar-refractivity contribution in [3.05, 3.63) is 12.2 Å². The average molecular weight is 144 g/mol. The molecule has 0 aromatic carbocycles. The summed E-state index contributed by atoms with van der Waals surface area (Å²) >= 11 is 0. The molecule has 58 valence electrons. The summed E-state index contributed by atoms with van der Waals surface area (Å²) in [6.07, 6.45) is 3.32. The van der Waals surface area contributed by atoms with Gasteiger partial charge in [0.1, 0.15) is 6.10 Å². The van der Waals surface area contributed by atoms with Crippen molar-refractivity contribution in [2.75, 3.05) is 13.2 Å². The van der Waals surface area contributed by atoms with E-state index in [1.54, 1.807) is 0 Å². The zero-order valence-electron chi connectivity index (χ0n) is 5.73. The highest BCUT2D eigenvalue weighted by atomic mass is 16.5. The molecule has 0 aliphatic carbocycles. The van der Waals surface area contributed by atoms with Gasteiger partial charge < -0.3 is 14.9 Å². The minimum absolute atomic E-state index is 0.00880. The molecule has 10 heavy (non-hydrogen) atoms. The molecular weight excluding hydrogens is 132 g/mol. The van der Waals surface area contributed by atoms with Crippen LogP contribution in [0.4, 0.5) is 0 Å². The maximum Gasteiger partial charge on any atom is 0.102 e. The molecule has 1 heterocycles. The van der Waals surface area contributed by atoms with Crippen LogP contribution in [0.15, 0.2) is 12.2 Å². The molecule has 0 saturated heterocycles. The first kappa shape index (κ1) is 7.72. The fourth-order valence-electron chi connectivity index (χ4n) is 0.948. The van der Waals surface area contributed by atoms with Crippen LogP contribution in [0.2, 0.25) is 0 Å². The van der Waals surface area contributed by atoms with E-state index in [-0.39, 0.29) is 12.7 Å². The first-order chi connectivity index (χ1) is 4.84. The predicted octanol–water partition coefficient (Wildman–Crippen LogP) is -0.315. The third kappa shape index (κ3) is 1.80. The minimum Gasteiger partial charge on any atom is -0.396 e. The van der Waals surface area contributed by atoms with E-state index in [1.807, 2.05) is 12.2 Å². The van der Waals surface area contributed by atoms with Gasteiger partial charge in [-0.05, 0) is 6.42 Å². The first-order valence-electron chi connectivity index (χ1n) is 3.42. The lowest BCUT2D eigenvalue weighted by atomic mass is 10.1. The minimum atomic E-state index is -0.552. The van der Waals surface area contributed by atoms with Crippen molar-refractivity contribution < 1.29 is 14.9 Å². The summed E-state index contributed by atoms with van der Waals surface area (Å²) in [5, 5.41) is 17.7. The Bertz CT molecular complexity index is 122. The van der Waals surface area contributed by atoms with Crippen LogP contribution in [0.25, 0.3) is 0 Å². The Hall–Kier alpha value is -0.380. The van der Waals surface area contributed by atoms with E-state index in [0.29, 0.717) is 13.0 Å². The summed E-state index contributed by atoms with van der Waals surface area (Å²) in [5.74, 6) is 0. The first-order valence-corrected chi connectivity index (χ1v) is 3.42. The van der Waals surface area contributed by atoms with E-state index in [1.165, 1.54) is 0 Å². The normalized spacial score (nSPS) is 27.2. The SMILES string of the molecule is OCCC(O)C1C=CCO1. The molecule has 2 N–H and O–H groups in total. The van der Waals surface area contributed by atoms with Gasteiger partial charge >= 0.3 is 0 Å². The lowest BCUT2D eigenvalue weighted by molar-refractivity contribution is 0.00161. The zero-order chi connectivity index (χ0) is 7.40. The second kappa shape index (κ2) is 3.71. The van der Waals surface area contributed by atoms with Gasteiger partial charge in [-0.3, -0.25) is 0 Å². The lowest BCUT2D eigenvalue weighted by Gasteiger charge is -2.14. The van der Waals surface area contributed by atoms with Gasteiger partial charge in [0.15, 0.2) is 0 Å². The Kier molecular flexibility index (Phi) is 2.86. The Morgan fingerprint density at radius 2 is 2.50 bits per heavy atom. The molecule has 0 aromatic rings. The average Bonchev–Trinajstić information content (AvgIpc) is 2.38. The number of hydrogen-bond acceptors (Lipinski definition) is 3. The Balaban J connectivity index is 2.26. The van der Waals surface area contributed by atoms with E-state index in [4.69, 9.17) is 9.84 Å². The summed E-state index contributed by atoms with van der Waals surface area (Å²) < 4.78 is 5.10. The standard InChI is InChI=1S/C7H12O3/c8-4-3-6(9)7-2-1-5-10-7/h1-2,6-9H,3-5H2. The molecular formula is C7H12O3. The monoisotopic (exact) mass is 144 g/mol. The summed E-state index contributed by atoms with van der Waals surface area (Å²) in [7, 11) is 0. The summed E-state index contributed by atoms with van der Waals surface area (Å²) in [5.41, 5.74) is 0. The van der Waals surface area contributed by atoms with Crippen LogP contribution in [0.1, 0.15) is 6.42 Å². The Labute approximate surface area is 59.9 Å². The van der Waals surface area contributed by atoms with E-state index < -0.39 is 6.10 Å². The van der Waals surface area contributed by atoms with Gasteiger partial charge in [0.25, 0.3) is 0 Å². The van der Waals surface area contributed by atoms with E-state index >= 15 is 0 Å². The van der Waals surface area contributed by atoms with Crippen molar-refractivity contribution in [2.24, 2.45) is 0 Å². The van der Waals surface area contributed by atoms with Crippen LogP contribution >= 0.6 is 0 Å². The maximum atomic E-state index is 9.21. The smallest absolute Gasteiger partial charge is 0.102 e. The molecule has 0 bridgehead atoms. The quantitative estimate of drug-likeness (QED) is 0.534. The van der Waals surface area contributed by atoms with Crippen molar-refractivity contribution in [2.45, 2.75) is 18.6 Å². The molecule has 3 nitrogen and oxygen atoms in total. The van der Waals surface area contributed by atoms with Crippen LogP contribution in [0, 0.1) is 0 Å². The molecule has 0 amide bonds. The van der Waals surface area contributed by atoms with Crippen molar-refractivity contribution in [3.63, 3.8) is 0 Å². The fraction of sp³-hybridized carbons (Fsp3) is 0.714. The molecule has 1 aliphatic heterocycles. The van der Waals surface area contributed by atoms with Gasteiger partial charge in [0, 0.05) is 6.61 Å². The van der Waals surface area contributed by atoms with Crippen LogP contribution in [-0.2, 0) is 4.74 Å². The largest absolute Gasteiger partial charge is 0.396 e. The fourth-order valence-corrected chi connectivity index (χ4v) is 0.948. The van der Waals surface area contributed by atoms with Crippen LogP contribution < -0.4 is 0 Å². The number of rotatable bonds is 3. The zero-order valence-corrected chi connectivity index (χ0v) is 5.73. The number of hydrogen-bond donors (Lipinski definition) is 2. The van der Waals surface area contributed by atoms with Gasteiger partial charge in [0.05, 0.1) is 12.7 Å². The van der Waals surface area contributed by atoms with Crippen LogP contribution in [0.5, 0.6) is 0 Å². The molecule has 2 unspecified atom stereocenters. The highest BCUT2D eigenvalue weighted by molar-refractivity contribution is 4.98. The van der Waals surface area contributed by atoms with Gasteiger partial charge in [-0.2, -0.15) is 0 Å². The van der Waals surface area contributed by atoms with Gasteiger partial charge in [0.2, 0.25) is 0 Å². The second-order valence-corrected chi connectivity index (χ2v) is 2.31. The van der Waals surface area contributed by atoms with E-state index in [9.17, 15) is 5.11 Å². The maximum absolute atomic E-state index is 9.21. The van der Waals surface area contributed by atoms with Crippen LogP contribution in [-0.4, -0.2) is 35.6 Å². The van der Waals surface area contributed by atoms with Gasteiger partial charge in [-0.1, -0.05) is 12.2 Å². The molecule has 0 fully saturated rings. The van der Waals surface area contributed by atoms with Crippen molar-refractivity contribution in [3.8, 4) is 0 Å². The third-order valence-electron chi connectivity index (χ3n) is 1.51. The lowest BCUT2D eigenvalue weighted by Crippen LogP contribution is -2.25. The number of aliphatic hydroxyl groups is 2. The Morgan fingerprint density at radius 3 is 3.00 bits per heavy atom. The number of aliphatic hydroxyl groups excluding tert-OH is 2. The van der Waals surface area contributed by atoms with E-state index in [0.717, 1.165) is 0 Å². The summed E-state index contributed by atoms with van der Waals surface area (Å²) in [6.45, 7) is 0.585. The molecule has 2 atom stereocenters. The topological polar surface area (TPSA) is 49.7 Å². The molecule has 0 aromatic heterocycles. The third-order valence-corrected chi connectivity index (χ3v) is 1.51. The molecule has 0 radical (unpaired) electrons. The Morgan fingerprint density at radius 1 is 1.70 bits per heavy atom. The van der Waals surface area contributed by atoms with E-state index in [2.05, 4.69) is 0 Å². The number of ether oxygens (including phenoxy) is 1. The van der Waals surface area contributed by atoms with Crippen molar-refractivity contribution in [1.29, 1.82) is 0 Å². The van der Waals surface area contributed by atoms with Crippen LogP contribution in [0.3, 0.4) is 0 Å². The highest BCUT2D eigenvalue weighted by Crippen LogP contribution is 2.09. The molecule has 1 rings (SSSR count). The predicted molar refractivity (Wildman–Crippen MR) is 36.6 cm³/mol. The second-order valence-electron chi connectivity index (χ2n) is 2.31. The van der Waals surface area contributed by atoms with Crippen molar-refractivity contribution in [1.82, 2.24) is 0 Å². The molecule has 1 aliphatic rings. The van der Waals surface area contributed by atoms with Gasteiger partial charge in [-0.25, -0.2) is 0 Å². The molecule has 3 heteroatoms. The molecule has 0 spiro atoms.